The molecular formula is C22H26N4O2. The van der Waals surface area contributed by atoms with Gasteiger partial charge in [0.2, 0.25) is 0 Å². The largest absolute Gasteiger partial charge is 0.493 e. The van der Waals surface area contributed by atoms with Crippen LogP contribution in [-0.2, 0) is 0 Å². The molecule has 4 heterocycles. The molecule has 0 radical (unpaired) electrons. The molecule has 1 N–H and O–H groups in total. The van der Waals surface area contributed by atoms with E-state index < -0.39 is 0 Å². The number of allylic oxidation sites excluding steroid dienone is 1. The lowest BCUT2D eigenvalue weighted by molar-refractivity contribution is 0.246. The van der Waals surface area contributed by atoms with Gasteiger partial charge in [-0.3, -0.25) is 0 Å². The monoisotopic (exact) mass is 378 g/mol. The van der Waals surface area contributed by atoms with Gasteiger partial charge in [0.1, 0.15) is 5.84 Å². The number of piperazine rings is 1. The molecule has 2 fully saturated rings. The van der Waals surface area contributed by atoms with Gasteiger partial charge in [0.15, 0.2) is 11.5 Å². The number of nitrogens with zero attached hydrogens (tertiary/aromatic N) is 3. The van der Waals surface area contributed by atoms with Crippen LogP contribution in [0.2, 0.25) is 0 Å². The Balaban J connectivity index is 1.35. The molecule has 146 valence electrons. The maximum atomic E-state index is 5.43. The molecule has 0 aliphatic carbocycles. The maximum absolute atomic E-state index is 5.43. The summed E-state index contributed by atoms with van der Waals surface area (Å²) in [5.41, 5.74) is 3.29. The summed E-state index contributed by atoms with van der Waals surface area (Å²) in [4.78, 5) is 9.61. The van der Waals surface area contributed by atoms with E-state index in [2.05, 4.69) is 39.5 Å². The predicted octanol–water partition coefficient (Wildman–Crippen LogP) is 2.61. The number of aliphatic imine (C=N–C) groups is 1. The lowest BCUT2D eigenvalue weighted by Crippen LogP contribution is -2.50. The first kappa shape index (κ1) is 17.4. The highest BCUT2D eigenvalue weighted by molar-refractivity contribution is 6.00. The number of rotatable bonds is 4. The Hall–Kier alpha value is -2.73. The summed E-state index contributed by atoms with van der Waals surface area (Å²) in [5, 5.41) is 3.70. The number of likely N-dealkylation sites (tertiary alicyclic amines) is 1. The quantitative estimate of drug-likeness (QED) is 0.873. The zero-order chi connectivity index (χ0) is 19.1. The Bertz CT molecular complexity index is 890. The summed E-state index contributed by atoms with van der Waals surface area (Å²) in [5.74, 6) is 2.43. The Morgan fingerprint density at radius 2 is 1.82 bits per heavy atom. The zero-order valence-corrected chi connectivity index (χ0v) is 16.4. The molecule has 2 unspecified atom stereocenters. The van der Waals surface area contributed by atoms with Gasteiger partial charge in [0.05, 0.1) is 25.6 Å². The third-order valence-corrected chi connectivity index (χ3v) is 5.96. The number of hydrogen-bond donors (Lipinski definition) is 1. The molecule has 4 aliphatic rings. The second kappa shape index (κ2) is 7.02. The van der Waals surface area contributed by atoms with Crippen molar-refractivity contribution < 1.29 is 9.47 Å². The molecule has 6 heteroatoms. The standard InChI is InChI=1S/C22H26N4O2/c1-27-20-7-3-15(11-21(20)28-2)19-9-10-25-14-18(6-8-22(25)24-19)26-12-16-4-5-17(13-26)23-16/h3,6-9,11,14,16-17,23H,4-5,10,12-13H2,1-2H3. The lowest BCUT2D eigenvalue weighted by atomic mass is 10.1. The SMILES string of the molecule is COc1ccc(C2=CCN3C=C(N4CC5CCC(C4)N5)C=CC3=N2)cc1OC. The van der Waals surface area contributed by atoms with Crippen molar-refractivity contribution in [3.8, 4) is 11.5 Å². The highest BCUT2D eigenvalue weighted by Gasteiger charge is 2.33. The fourth-order valence-electron chi connectivity index (χ4n) is 4.50. The fourth-order valence-corrected chi connectivity index (χ4v) is 4.50. The number of ether oxygens (including phenoxy) is 2. The van der Waals surface area contributed by atoms with Crippen LogP contribution in [0, 0.1) is 0 Å². The zero-order valence-electron chi connectivity index (χ0n) is 16.4. The van der Waals surface area contributed by atoms with Crippen LogP contribution in [0.25, 0.3) is 5.70 Å². The van der Waals surface area contributed by atoms with Gasteiger partial charge < -0.3 is 24.6 Å². The van der Waals surface area contributed by atoms with Crippen LogP contribution in [0.5, 0.6) is 11.5 Å². The lowest BCUT2D eigenvalue weighted by Gasteiger charge is -2.37. The summed E-state index contributed by atoms with van der Waals surface area (Å²) in [6, 6.07) is 7.21. The Labute approximate surface area is 165 Å². The highest BCUT2D eigenvalue weighted by atomic mass is 16.5. The molecule has 0 spiro atoms. The van der Waals surface area contributed by atoms with Gasteiger partial charge >= 0.3 is 0 Å². The van der Waals surface area contributed by atoms with Crippen molar-refractivity contribution in [2.45, 2.75) is 24.9 Å². The third-order valence-electron chi connectivity index (χ3n) is 5.96. The molecule has 4 aliphatic heterocycles. The van der Waals surface area contributed by atoms with E-state index >= 15 is 0 Å². The van der Waals surface area contributed by atoms with Gasteiger partial charge in [-0.15, -0.1) is 0 Å². The molecule has 6 nitrogen and oxygen atoms in total. The third kappa shape index (κ3) is 3.07. The summed E-state index contributed by atoms with van der Waals surface area (Å²) in [7, 11) is 3.30. The van der Waals surface area contributed by atoms with Crippen LogP contribution in [0.3, 0.4) is 0 Å². The van der Waals surface area contributed by atoms with Gasteiger partial charge in [-0.05, 0) is 49.3 Å². The highest BCUT2D eigenvalue weighted by Crippen LogP contribution is 2.32. The molecule has 2 bridgehead atoms. The molecule has 0 amide bonds. The van der Waals surface area contributed by atoms with Gasteiger partial charge in [-0.25, -0.2) is 4.99 Å². The number of nitrogens with one attached hydrogen (secondary N) is 1. The maximum Gasteiger partial charge on any atom is 0.161 e. The predicted molar refractivity (Wildman–Crippen MR) is 110 cm³/mol. The molecule has 28 heavy (non-hydrogen) atoms. The summed E-state index contributed by atoms with van der Waals surface area (Å²) >= 11 is 0. The van der Waals surface area contributed by atoms with Crippen LogP contribution < -0.4 is 14.8 Å². The van der Waals surface area contributed by atoms with Gasteiger partial charge in [0.25, 0.3) is 0 Å². The minimum atomic E-state index is 0.640. The van der Waals surface area contributed by atoms with Crippen molar-refractivity contribution in [1.82, 2.24) is 15.1 Å². The van der Waals surface area contributed by atoms with Crippen molar-refractivity contribution in [2.24, 2.45) is 4.99 Å². The Morgan fingerprint density at radius 1 is 1.04 bits per heavy atom. The topological polar surface area (TPSA) is 49.3 Å². The number of amidine groups is 1. The Morgan fingerprint density at radius 3 is 2.57 bits per heavy atom. The first-order valence-corrected chi connectivity index (χ1v) is 9.92. The fraction of sp³-hybridized carbons (Fsp3) is 0.409. The van der Waals surface area contributed by atoms with E-state index in [0.717, 1.165) is 48.2 Å². The van der Waals surface area contributed by atoms with Gasteiger partial charge in [0, 0.05) is 43.5 Å². The molecule has 0 saturated carbocycles. The van der Waals surface area contributed by atoms with E-state index in [4.69, 9.17) is 14.5 Å². The van der Waals surface area contributed by atoms with Gasteiger partial charge in [-0.1, -0.05) is 0 Å². The van der Waals surface area contributed by atoms with E-state index in [1.807, 2.05) is 18.2 Å². The molecule has 0 aromatic heterocycles. The average Bonchev–Trinajstić information content (AvgIpc) is 3.09. The second-order valence-corrected chi connectivity index (χ2v) is 7.71. The molecule has 2 atom stereocenters. The van der Waals surface area contributed by atoms with Crippen LogP contribution in [-0.4, -0.2) is 61.6 Å². The molecule has 1 aromatic carbocycles. The first-order valence-electron chi connectivity index (χ1n) is 9.92. The van der Waals surface area contributed by atoms with E-state index in [-0.39, 0.29) is 0 Å². The number of benzene rings is 1. The Kier molecular flexibility index (Phi) is 4.36. The van der Waals surface area contributed by atoms with Crippen molar-refractivity contribution in [1.29, 1.82) is 0 Å². The van der Waals surface area contributed by atoms with E-state index in [0.29, 0.717) is 12.1 Å². The first-order chi connectivity index (χ1) is 13.7. The minimum Gasteiger partial charge on any atom is -0.493 e. The summed E-state index contributed by atoms with van der Waals surface area (Å²) in [6.45, 7) is 3.01. The molecular weight excluding hydrogens is 352 g/mol. The van der Waals surface area contributed by atoms with Crippen molar-refractivity contribution in [2.75, 3.05) is 33.9 Å². The minimum absolute atomic E-state index is 0.640. The average molecular weight is 378 g/mol. The molecule has 5 rings (SSSR count). The number of hydrogen-bond acceptors (Lipinski definition) is 6. The van der Waals surface area contributed by atoms with Gasteiger partial charge in [-0.2, -0.15) is 0 Å². The normalized spacial score (nSPS) is 25.7. The van der Waals surface area contributed by atoms with Crippen molar-refractivity contribution in [3.05, 3.63) is 53.9 Å². The van der Waals surface area contributed by atoms with Crippen LogP contribution in [0.15, 0.2) is 53.3 Å². The number of methoxy groups -OCH3 is 2. The van der Waals surface area contributed by atoms with E-state index in [1.165, 1.54) is 18.5 Å². The smallest absolute Gasteiger partial charge is 0.161 e. The van der Waals surface area contributed by atoms with Crippen molar-refractivity contribution in [3.63, 3.8) is 0 Å². The van der Waals surface area contributed by atoms with Crippen molar-refractivity contribution >= 4 is 11.5 Å². The molecule has 1 aromatic rings. The molecule has 2 saturated heterocycles. The summed E-state index contributed by atoms with van der Waals surface area (Å²) in [6.07, 6.45) is 11.3. The van der Waals surface area contributed by atoms with E-state index in [1.54, 1.807) is 14.2 Å². The van der Waals surface area contributed by atoms with E-state index in [9.17, 15) is 0 Å². The van der Waals surface area contributed by atoms with Crippen LogP contribution >= 0.6 is 0 Å². The van der Waals surface area contributed by atoms with Crippen LogP contribution in [0.4, 0.5) is 0 Å². The van der Waals surface area contributed by atoms with Crippen LogP contribution in [0.1, 0.15) is 18.4 Å². The number of fused-ring (bicyclic) bond motifs is 3. The second-order valence-electron chi connectivity index (χ2n) is 7.71. The summed E-state index contributed by atoms with van der Waals surface area (Å²) < 4.78 is 10.8.